The average Bonchev–Trinajstić information content (AvgIpc) is 2.66. The van der Waals surface area contributed by atoms with E-state index in [-0.39, 0.29) is 5.91 Å². The first kappa shape index (κ1) is 11.0. The Morgan fingerprint density at radius 2 is 2.38 bits per heavy atom. The van der Waals surface area contributed by atoms with Crippen LogP contribution >= 0.6 is 0 Å². The SMILES string of the molecule is O=C(C=Cc1ccco1)N1CCCNCC1. The van der Waals surface area contributed by atoms with E-state index < -0.39 is 0 Å². The minimum absolute atomic E-state index is 0.0556. The first-order chi connectivity index (χ1) is 7.86. The van der Waals surface area contributed by atoms with Gasteiger partial charge in [-0.15, -0.1) is 0 Å². The summed E-state index contributed by atoms with van der Waals surface area (Å²) in [7, 11) is 0. The van der Waals surface area contributed by atoms with Crippen LogP contribution in [0.1, 0.15) is 12.2 Å². The Morgan fingerprint density at radius 3 is 3.19 bits per heavy atom. The molecule has 1 aliphatic heterocycles. The van der Waals surface area contributed by atoms with E-state index >= 15 is 0 Å². The molecule has 4 nitrogen and oxygen atoms in total. The number of nitrogens with zero attached hydrogens (tertiary/aromatic N) is 1. The van der Waals surface area contributed by atoms with Gasteiger partial charge in [-0.1, -0.05) is 0 Å². The van der Waals surface area contributed by atoms with Crippen molar-refractivity contribution >= 4 is 12.0 Å². The van der Waals surface area contributed by atoms with Gasteiger partial charge < -0.3 is 14.6 Å². The fourth-order valence-corrected chi connectivity index (χ4v) is 1.71. The molecular weight excluding hydrogens is 204 g/mol. The average molecular weight is 220 g/mol. The topological polar surface area (TPSA) is 45.5 Å². The molecule has 1 aromatic rings. The number of hydrogen-bond donors (Lipinski definition) is 1. The molecule has 1 aliphatic rings. The summed E-state index contributed by atoms with van der Waals surface area (Å²) in [6.45, 7) is 3.47. The van der Waals surface area contributed by atoms with Crippen molar-refractivity contribution in [2.75, 3.05) is 26.2 Å². The summed E-state index contributed by atoms with van der Waals surface area (Å²) in [5.74, 6) is 0.765. The molecule has 2 rings (SSSR count). The first-order valence-corrected chi connectivity index (χ1v) is 5.57. The predicted octanol–water partition coefficient (Wildman–Crippen LogP) is 1.11. The van der Waals surface area contributed by atoms with Gasteiger partial charge in [0.25, 0.3) is 0 Å². The normalized spacial score (nSPS) is 17.6. The number of carbonyl (C=O) groups excluding carboxylic acids is 1. The van der Waals surface area contributed by atoms with Gasteiger partial charge in [0.05, 0.1) is 6.26 Å². The molecule has 2 heterocycles. The molecule has 4 heteroatoms. The summed E-state index contributed by atoms with van der Waals surface area (Å²) in [4.78, 5) is 13.7. The zero-order valence-corrected chi connectivity index (χ0v) is 9.19. The monoisotopic (exact) mass is 220 g/mol. The van der Waals surface area contributed by atoms with E-state index in [1.165, 1.54) is 0 Å². The lowest BCUT2D eigenvalue weighted by atomic mass is 10.3. The van der Waals surface area contributed by atoms with Crippen molar-refractivity contribution in [2.45, 2.75) is 6.42 Å². The van der Waals surface area contributed by atoms with Crippen molar-refractivity contribution in [3.05, 3.63) is 30.2 Å². The summed E-state index contributed by atoms with van der Waals surface area (Å²) in [6, 6.07) is 3.63. The quantitative estimate of drug-likeness (QED) is 0.759. The van der Waals surface area contributed by atoms with Crippen LogP contribution in [0.15, 0.2) is 28.9 Å². The Hall–Kier alpha value is -1.55. The van der Waals surface area contributed by atoms with E-state index in [4.69, 9.17) is 4.42 Å². The van der Waals surface area contributed by atoms with E-state index in [2.05, 4.69) is 5.32 Å². The molecule has 1 aromatic heterocycles. The maximum Gasteiger partial charge on any atom is 0.246 e. The van der Waals surface area contributed by atoms with Gasteiger partial charge in [0, 0.05) is 25.7 Å². The van der Waals surface area contributed by atoms with Crippen LogP contribution in [0.2, 0.25) is 0 Å². The Kier molecular flexibility index (Phi) is 3.77. The maximum absolute atomic E-state index is 11.8. The molecule has 1 saturated heterocycles. The largest absolute Gasteiger partial charge is 0.465 e. The van der Waals surface area contributed by atoms with Crippen molar-refractivity contribution in [2.24, 2.45) is 0 Å². The number of nitrogens with one attached hydrogen (secondary N) is 1. The fourth-order valence-electron chi connectivity index (χ4n) is 1.71. The second-order valence-corrected chi connectivity index (χ2v) is 3.78. The molecule has 0 bridgehead atoms. The first-order valence-electron chi connectivity index (χ1n) is 5.57. The van der Waals surface area contributed by atoms with E-state index in [1.54, 1.807) is 24.5 Å². The lowest BCUT2D eigenvalue weighted by molar-refractivity contribution is -0.125. The Bertz CT molecular complexity index is 349. The number of carbonyl (C=O) groups is 1. The van der Waals surface area contributed by atoms with E-state index in [1.807, 2.05) is 11.0 Å². The molecule has 0 atom stereocenters. The molecule has 0 spiro atoms. The smallest absolute Gasteiger partial charge is 0.246 e. The van der Waals surface area contributed by atoms with Gasteiger partial charge in [0.1, 0.15) is 5.76 Å². The van der Waals surface area contributed by atoms with Crippen molar-refractivity contribution in [3.63, 3.8) is 0 Å². The van der Waals surface area contributed by atoms with Crippen LogP contribution in [-0.4, -0.2) is 37.0 Å². The van der Waals surface area contributed by atoms with E-state index in [0.29, 0.717) is 5.76 Å². The molecule has 1 amide bonds. The number of hydrogen-bond acceptors (Lipinski definition) is 3. The van der Waals surface area contributed by atoms with Gasteiger partial charge in [0.2, 0.25) is 5.91 Å². The van der Waals surface area contributed by atoms with Crippen LogP contribution in [-0.2, 0) is 4.79 Å². The van der Waals surface area contributed by atoms with E-state index in [9.17, 15) is 4.79 Å². The van der Waals surface area contributed by atoms with Gasteiger partial charge in [-0.05, 0) is 31.2 Å². The summed E-state index contributed by atoms with van der Waals surface area (Å²) in [6.07, 6.45) is 5.89. The summed E-state index contributed by atoms with van der Waals surface area (Å²) in [5.41, 5.74) is 0. The lowest BCUT2D eigenvalue weighted by Crippen LogP contribution is -2.32. The van der Waals surface area contributed by atoms with Crippen LogP contribution in [0, 0.1) is 0 Å². The molecular formula is C12H16N2O2. The highest BCUT2D eigenvalue weighted by Crippen LogP contribution is 2.04. The number of furan rings is 1. The highest BCUT2D eigenvalue weighted by Gasteiger charge is 2.12. The van der Waals surface area contributed by atoms with Crippen LogP contribution in [0.4, 0.5) is 0 Å². The Morgan fingerprint density at radius 1 is 1.44 bits per heavy atom. The molecule has 0 aromatic carbocycles. The van der Waals surface area contributed by atoms with Crippen molar-refractivity contribution in [1.29, 1.82) is 0 Å². The van der Waals surface area contributed by atoms with Gasteiger partial charge in [-0.2, -0.15) is 0 Å². The van der Waals surface area contributed by atoms with Crippen LogP contribution < -0.4 is 5.32 Å². The standard InChI is InChI=1S/C12H16N2O2/c15-12(5-4-11-3-1-10-16-11)14-8-2-6-13-7-9-14/h1,3-5,10,13H,2,6-9H2. The Labute approximate surface area is 94.9 Å². The predicted molar refractivity (Wildman–Crippen MR) is 61.8 cm³/mol. The zero-order valence-electron chi connectivity index (χ0n) is 9.19. The molecule has 0 saturated carbocycles. The van der Waals surface area contributed by atoms with Crippen LogP contribution in [0.25, 0.3) is 6.08 Å². The second-order valence-electron chi connectivity index (χ2n) is 3.78. The zero-order chi connectivity index (χ0) is 11.2. The van der Waals surface area contributed by atoms with Gasteiger partial charge in [-0.3, -0.25) is 4.79 Å². The van der Waals surface area contributed by atoms with E-state index in [0.717, 1.165) is 32.6 Å². The summed E-state index contributed by atoms with van der Waals surface area (Å²) >= 11 is 0. The molecule has 0 unspecified atom stereocenters. The molecule has 0 aliphatic carbocycles. The van der Waals surface area contributed by atoms with Crippen LogP contribution in [0.3, 0.4) is 0 Å². The third kappa shape index (κ3) is 2.97. The molecule has 86 valence electrons. The van der Waals surface area contributed by atoms with Gasteiger partial charge in [0.15, 0.2) is 0 Å². The van der Waals surface area contributed by atoms with Gasteiger partial charge >= 0.3 is 0 Å². The highest BCUT2D eigenvalue weighted by molar-refractivity contribution is 5.91. The summed E-state index contributed by atoms with van der Waals surface area (Å²) < 4.78 is 5.13. The fraction of sp³-hybridized carbons (Fsp3) is 0.417. The maximum atomic E-state index is 11.8. The number of rotatable bonds is 2. The van der Waals surface area contributed by atoms with Crippen LogP contribution in [0.5, 0.6) is 0 Å². The third-order valence-corrected chi connectivity index (χ3v) is 2.59. The van der Waals surface area contributed by atoms with Crippen molar-refractivity contribution < 1.29 is 9.21 Å². The molecule has 1 fully saturated rings. The second kappa shape index (κ2) is 5.51. The molecule has 16 heavy (non-hydrogen) atoms. The number of amides is 1. The third-order valence-electron chi connectivity index (χ3n) is 2.59. The van der Waals surface area contributed by atoms with Crippen molar-refractivity contribution in [1.82, 2.24) is 10.2 Å². The van der Waals surface area contributed by atoms with Gasteiger partial charge in [-0.25, -0.2) is 0 Å². The minimum Gasteiger partial charge on any atom is -0.465 e. The lowest BCUT2D eigenvalue weighted by Gasteiger charge is -2.17. The summed E-state index contributed by atoms with van der Waals surface area (Å²) in [5, 5.41) is 3.27. The highest BCUT2D eigenvalue weighted by atomic mass is 16.3. The Balaban J connectivity index is 1.91. The molecule has 0 radical (unpaired) electrons. The molecule has 1 N–H and O–H groups in total. The van der Waals surface area contributed by atoms with Crippen molar-refractivity contribution in [3.8, 4) is 0 Å². The minimum atomic E-state index is 0.0556.